The number of rotatable bonds is 8. The zero-order chi connectivity index (χ0) is 26.5. The Hall–Kier alpha value is -4.85. The molecule has 3 aromatic carbocycles. The number of Topliss-reactive ketones (excluding diaryl/α,β-unsaturated/α-hetero) is 2. The molecule has 1 amide bonds. The van der Waals surface area contributed by atoms with E-state index in [0.29, 0.717) is 11.9 Å². The van der Waals surface area contributed by atoms with Gasteiger partial charge in [-0.2, -0.15) is 0 Å². The number of nitrogens with one attached hydrogen (secondary N) is 1. The van der Waals surface area contributed by atoms with Crippen LogP contribution in [0.15, 0.2) is 88.1 Å². The lowest BCUT2D eigenvalue weighted by Gasteiger charge is -2.08. The molecule has 0 aliphatic rings. The summed E-state index contributed by atoms with van der Waals surface area (Å²) in [6.45, 7) is 4.29. The van der Waals surface area contributed by atoms with E-state index in [9.17, 15) is 24.0 Å². The fourth-order valence-electron chi connectivity index (χ4n) is 3.48. The van der Waals surface area contributed by atoms with Gasteiger partial charge in [0.05, 0.1) is 5.56 Å². The van der Waals surface area contributed by atoms with Crippen LogP contribution in [0.5, 0.6) is 5.75 Å². The van der Waals surface area contributed by atoms with Gasteiger partial charge in [0.15, 0.2) is 0 Å². The lowest BCUT2D eigenvalue weighted by atomic mass is 10.0. The number of ether oxygens (including phenoxy) is 1. The van der Waals surface area contributed by atoms with Crippen molar-refractivity contribution >= 4 is 34.4 Å². The minimum Gasteiger partial charge on any atom is -0.423 e. The number of carbonyl (C=O) groups is 4. The van der Waals surface area contributed by atoms with Crippen molar-refractivity contribution in [1.82, 2.24) is 5.32 Å². The summed E-state index contributed by atoms with van der Waals surface area (Å²) in [6, 6.07) is 19.6. The Bertz CT molecular complexity index is 1550. The molecule has 1 N–H and O–H groups in total. The van der Waals surface area contributed by atoms with Gasteiger partial charge in [0.1, 0.15) is 16.9 Å². The minimum absolute atomic E-state index is 0.113. The molecule has 1 heterocycles. The monoisotopic (exact) mass is 497 g/mol. The third kappa shape index (κ3) is 5.87. The van der Waals surface area contributed by atoms with Crippen molar-refractivity contribution in [3.63, 3.8) is 0 Å². The number of hydrogen-bond donors (Lipinski definition) is 1. The van der Waals surface area contributed by atoms with Gasteiger partial charge in [-0.25, -0.2) is 9.59 Å². The molecule has 4 rings (SSSR count). The molecular formula is C29H23NO7. The summed E-state index contributed by atoms with van der Waals surface area (Å²) in [5, 5.41) is 3.16. The van der Waals surface area contributed by atoms with Crippen molar-refractivity contribution in [3.8, 4) is 5.75 Å². The molecule has 0 fully saturated rings. The van der Waals surface area contributed by atoms with Crippen LogP contribution in [-0.2, 0) is 0 Å². The quantitative estimate of drug-likeness (QED) is 0.125. The Morgan fingerprint density at radius 1 is 0.811 bits per heavy atom. The number of carbonyl (C=O) groups excluding carboxylic acids is 4. The molecule has 0 saturated heterocycles. The molecule has 0 bridgehead atoms. The fourth-order valence-corrected chi connectivity index (χ4v) is 3.48. The first-order chi connectivity index (χ1) is 17.7. The summed E-state index contributed by atoms with van der Waals surface area (Å²) in [5.74, 6) is -2.21. The summed E-state index contributed by atoms with van der Waals surface area (Å²) < 4.78 is 10.6. The Labute approximate surface area is 211 Å². The number of hydrogen-bond acceptors (Lipinski definition) is 7. The van der Waals surface area contributed by atoms with Gasteiger partial charge < -0.3 is 14.5 Å². The average Bonchev–Trinajstić information content (AvgIpc) is 2.91. The normalized spacial score (nSPS) is 10.8. The summed E-state index contributed by atoms with van der Waals surface area (Å²) in [6.07, 6.45) is 0. The molecular weight excluding hydrogens is 474 g/mol. The summed E-state index contributed by atoms with van der Waals surface area (Å²) in [4.78, 5) is 62.0. The van der Waals surface area contributed by atoms with E-state index in [4.69, 9.17) is 9.15 Å². The van der Waals surface area contributed by atoms with Gasteiger partial charge in [-0.1, -0.05) is 56.3 Å². The summed E-state index contributed by atoms with van der Waals surface area (Å²) in [7, 11) is 0. The van der Waals surface area contributed by atoms with E-state index in [1.165, 1.54) is 42.5 Å². The van der Waals surface area contributed by atoms with E-state index in [0.717, 1.165) is 0 Å². The molecule has 186 valence electrons. The number of benzene rings is 3. The Kier molecular flexibility index (Phi) is 7.39. The minimum atomic E-state index is -0.803. The van der Waals surface area contributed by atoms with E-state index in [1.807, 2.05) is 13.8 Å². The van der Waals surface area contributed by atoms with Gasteiger partial charge in [0, 0.05) is 29.1 Å². The highest BCUT2D eigenvalue weighted by atomic mass is 16.5. The Morgan fingerprint density at radius 2 is 1.43 bits per heavy atom. The third-order valence-corrected chi connectivity index (χ3v) is 5.46. The molecule has 1 aromatic heterocycles. The van der Waals surface area contributed by atoms with Crippen molar-refractivity contribution in [1.29, 1.82) is 0 Å². The predicted octanol–water partition coefficient (Wildman–Crippen LogP) is 4.46. The first-order valence-corrected chi connectivity index (χ1v) is 11.6. The highest BCUT2D eigenvalue weighted by molar-refractivity contribution is 6.49. The molecule has 8 nitrogen and oxygen atoms in total. The van der Waals surface area contributed by atoms with Gasteiger partial charge in [0.2, 0.25) is 11.6 Å². The van der Waals surface area contributed by atoms with Crippen LogP contribution >= 0.6 is 0 Å². The van der Waals surface area contributed by atoms with Crippen molar-refractivity contribution in [2.45, 2.75) is 13.8 Å². The lowest BCUT2D eigenvalue weighted by molar-refractivity contribution is 0.0734. The second kappa shape index (κ2) is 10.8. The third-order valence-electron chi connectivity index (χ3n) is 5.46. The fraction of sp³-hybridized carbons (Fsp3) is 0.138. The van der Waals surface area contributed by atoms with Crippen LogP contribution in [0.4, 0.5) is 0 Å². The lowest BCUT2D eigenvalue weighted by Crippen LogP contribution is -2.31. The van der Waals surface area contributed by atoms with Crippen molar-refractivity contribution < 1.29 is 28.3 Å². The van der Waals surface area contributed by atoms with Crippen LogP contribution in [0.1, 0.15) is 55.3 Å². The number of fused-ring (bicyclic) bond motifs is 1. The van der Waals surface area contributed by atoms with Gasteiger partial charge in [0.25, 0.3) is 5.91 Å². The van der Waals surface area contributed by atoms with Gasteiger partial charge in [-0.05, 0) is 36.2 Å². The van der Waals surface area contributed by atoms with Crippen molar-refractivity contribution in [2.24, 2.45) is 5.92 Å². The average molecular weight is 498 g/mol. The molecule has 8 heteroatoms. The molecule has 0 radical (unpaired) electrons. The number of esters is 1. The second-order valence-electron chi connectivity index (χ2n) is 8.74. The molecule has 4 aromatic rings. The first kappa shape index (κ1) is 25.2. The zero-order valence-corrected chi connectivity index (χ0v) is 20.1. The Morgan fingerprint density at radius 3 is 2.08 bits per heavy atom. The van der Waals surface area contributed by atoms with E-state index in [1.54, 1.807) is 36.4 Å². The maximum Gasteiger partial charge on any atom is 0.349 e. The topological polar surface area (TPSA) is 120 Å². The van der Waals surface area contributed by atoms with Gasteiger partial charge >= 0.3 is 11.6 Å². The highest BCUT2D eigenvalue weighted by Gasteiger charge is 2.19. The summed E-state index contributed by atoms with van der Waals surface area (Å²) in [5.41, 5.74) is -0.187. The number of ketones is 2. The van der Waals surface area contributed by atoms with E-state index in [2.05, 4.69) is 5.32 Å². The van der Waals surface area contributed by atoms with Crippen LogP contribution in [0.3, 0.4) is 0 Å². The van der Waals surface area contributed by atoms with Crippen molar-refractivity contribution in [2.75, 3.05) is 6.54 Å². The molecule has 0 saturated carbocycles. The van der Waals surface area contributed by atoms with E-state index >= 15 is 0 Å². The van der Waals surface area contributed by atoms with Crippen LogP contribution in [-0.4, -0.2) is 30.0 Å². The van der Waals surface area contributed by atoms with Crippen molar-refractivity contribution in [3.05, 3.63) is 112 Å². The Balaban J connectivity index is 1.47. The van der Waals surface area contributed by atoms with Crippen LogP contribution < -0.4 is 15.7 Å². The van der Waals surface area contributed by atoms with Crippen LogP contribution in [0.25, 0.3) is 11.0 Å². The van der Waals surface area contributed by atoms with Crippen LogP contribution in [0.2, 0.25) is 0 Å². The molecule has 37 heavy (non-hydrogen) atoms. The molecule has 0 aliphatic carbocycles. The van der Waals surface area contributed by atoms with E-state index < -0.39 is 29.1 Å². The molecule has 0 unspecified atom stereocenters. The second-order valence-corrected chi connectivity index (χ2v) is 8.74. The van der Waals surface area contributed by atoms with Gasteiger partial charge in [-0.3, -0.25) is 14.4 Å². The SMILES string of the molecule is CC(C)CNC(=O)c1cc2ccc(OC(=O)c3ccc(C(=O)C(=O)c4ccccc4)cc3)cc2oc1=O. The van der Waals surface area contributed by atoms with Gasteiger partial charge in [-0.15, -0.1) is 0 Å². The standard InChI is InChI=1S/C29H23NO7/c1-17(2)16-30-27(33)23-14-21-12-13-22(15-24(21)37-29(23)35)36-28(34)20-10-8-19(9-11-20)26(32)25(31)18-6-4-3-5-7-18/h3-15,17H,16H2,1-2H3,(H,30,33). The maximum absolute atomic E-state index is 12.6. The smallest absolute Gasteiger partial charge is 0.349 e. The largest absolute Gasteiger partial charge is 0.423 e. The summed E-state index contributed by atoms with van der Waals surface area (Å²) >= 11 is 0. The molecule has 0 spiro atoms. The molecule has 0 atom stereocenters. The maximum atomic E-state index is 12.6. The molecule has 0 aliphatic heterocycles. The first-order valence-electron chi connectivity index (χ1n) is 11.6. The highest BCUT2D eigenvalue weighted by Crippen LogP contribution is 2.22. The van der Waals surface area contributed by atoms with E-state index in [-0.39, 0.29) is 39.5 Å². The predicted molar refractivity (Wildman–Crippen MR) is 136 cm³/mol. The van der Waals surface area contributed by atoms with Crippen LogP contribution in [0, 0.1) is 5.92 Å². The number of amides is 1. The zero-order valence-electron chi connectivity index (χ0n) is 20.1.